The summed E-state index contributed by atoms with van der Waals surface area (Å²) in [5.74, 6) is 0. The summed E-state index contributed by atoms with van der Waals surface area (Å²) in [7, 11) is 1.63. The van der Waals surface area contributed by atoms with Crippen molar-refractivity contribution in [3.63, 3.8) is 0 Å². The van der Waals surface area contributed by atoms with Gasteiger partial charge < -0.3 is 0 Å². The molecule has 0 aromatic heterocycles. The first-order valence-electron chi connectivity index (χ1n) is 3.26. The Morgan fingerprint density at radius 1 is 1.40 bits per heavy atom. The van der Waals surface area contributed by atoms with Crippen LogP contribution in [0.3, 0.4) is 0 Å². The zero-order valence-electron chi connectivity index (χ0n) is 6.89. The van der Waals surface area contributed by atoms with Gasteiger partial charge in [0.25, 0.3) is 0 Å². The Labute approximate surface area is 71.1 Å². The van der Waals surface area contributed by atoms with E-state index in [0.29, 0.717) is 6.61 Å². The van der Waals surface area contributed by atoms with Gasteiger partial charge in [0.1, 0.15) is 0 Å². The molecule has 0 aromatic rings. The molecule has 0 bridgehead atoms. The Morgan fingerprint density at radius 3 is 2.30 bits per heavy atom. The predicted molar refractivity (Wildman–Crippen MR) is 48.9 cm³/mol. The summed E-state index contributed by atoms with van der Waals surface area (Å²) in [6.45, 7) is 6.56. The zero-order chi connectivity index (χ0) is 7.98. The Bertz CT molecular complexity index is 77.4. The number of rotatable bonds is 5. The molecule has 0 aliphatic heterocycles. The third-order valence-electron chi connectivity index (χ3n) is 0.575. The van der Waals surface area contributed by atoms with Crippen LogP contribution in [0.1, 0.15) is 20.8 Å². The van der Waals surface area contributed by atoms with Crippen LogP contribution in [0.25, 0.3) is 0 Å². The molecule has 0 atom stereocenters. The van der Waals surface area contributed by atoms with Crippen LogP contribution in [0.15, 0.2) is 0 Å². The van der Waals surface area contributed by atoms with Crippen LogP contribution >= 0.6 is 21.1 Å². The SMILES string of the molecule is CCOI(OC)OC(C)C. The summed E-state index contributed by atoms with van der Waals surface area (Å²) >= 11 is -1.93. The van der Waals surface area contributed by atoms with Crippen molar-refractivity contribution in [2.45, 2.75) is 26.9 Å². The molecule has 0 saturated heterocycles. The monoisotopic (exact) mass is 262 g/mol. The molecule has 0 fully saturated rings. The first kappa shape index (κ1) is 10.6. The predicted octanol–water partition coefficient (Wildman–Crippen LogP) is 2.35. The van der Waals surface area contributed by atoms with E-state index in [2.05, 4.69) is 0 Å². The van der Waals surface area contributed by atoms with E-state index in [1.165, 1.54) is 0 Å². The maximum atomic E-state index is 5.35. The van der Waals surface area contributed by atoms with Crippen molar-refractivity contribution in [3.05, 3.63) is 0 Å². The molecule has 0 radical (unpaired) electrons. The fourth-order valence-corrected chi connectivity index (χ4v) is 2.29. The molecular formula is C6H15IO3. The van der Waals surface area contributed by atoms with Crippen molar-refractivity contribution in [1.82, 2.24) is 0 Å². The van der Waals surface area contributed by atoms with Crippen LogP contribution in [0.4, 0.5) is 0 Å². The van der Waals surface area contributed by atoms with Gasteiger partial charge >= 0.3 is 70.9 Å². The van der Waals surface area contributed by atoms with Crippen LogP contribution in [0.2, 0.25) is 0 Å². The Kier molecular flexibility index (Phi) is 6.71. The first-order valence-corrected chi connectivity index (χ1v) is 5.90. The third kappa shape index (κ3) is 5.40. The molecule has 0 unspecified atom stereocenters. The van der Waals surface area contributed by atoms with Crippen LogP contribution < -0.4 is 0 Å². The van der Waals surface area contributed by atoms with Crippen LogP contribution in [0, 0.1) is 0 Å². The third-order valence-corrected chi connectivity index (χ3v) is 3.86. The second-order valence-corrected chi connectivity index (χ2v) is 4.97. The Morgan fingerprint density at radius 2 is 2.00 bits per heavy atom. The van der Waals surface area contributed by atoms with Gasteiger partial charge in [-0.1, -0.05) is 0 Å². The van der Waals surface area contributed by atoms with E-state index >= 15 is 0 Å². The van der Waals surface area contributed by atoms with E-state index in [-0.39, 0.29) is 6.10 Å². The summed E-state index contributed by atoms with van der Waals surface area (Å²) in [5, 5.41) is 0. The van der Waals surface area contributed by atoms with Crippen molar-refractivity contribution in [2.75, 3.05) is 13.7 Å². The van der Waals surface area contributed by atoms with E-state index in [4.69, 9.17) is 9.20 Å². The molecule has 0 aliphatic rings. The van der Waals surface area contributed by atoms with Gasteiger partial charge in [0.15, 0.2) is 0 Å². The van der Waals surface area contributed by atoms with E-state index in [1.54, 1.807) is 7.11 Å². The van der Waals surface area contributed by atoms with Gasteiger partial charge in [0.2, 0.25) is 0 Å². The molecule has 0 heterocycles. The summed E-state index contributed by atoms with van der Waals surface area (Å²) in [6.07, 6.45) is 0.205. The average molecular weight is 262 g/mol. The maximum absolute atomic E-state index is 5.35. The van der Waals surface area contributed by atoms with E-state index in [9.17, 15) is 0 Å². The van der Waals surface area contributed by atoms with Crippen LogP contribution in [0.5, 0.6) is 0 Å². The number of hydrogen-bond acceptors (Lipinski definition) is 3. The molecule has 0 rings (SSSR count). The molecule has 0 aliphatic carbocycles. The second kappa shape index (κ2) is 6.33. The molecule has 0 N–H and O–H groups in total. The van der Waals surface area contributed by atoms with Gasteiger partial charge in [-0.25, -0.2) is 0 Å². The molecule has 0 saturated carbocycles. The van der Waals surface area contributed by atoms with Crippen molar-refractivity contribution in [1.29, 1.82) is 0 Å². The average Bonchev–Trinajstić information content (AvgIpc) is 1.86. The molecule has 0 aromatic carbocycles. The second-order valence-electron chi connectivity index (χ2n) is 1.88. The molecule has 0 spiro atoms. The normalized spacial score (nSPS) is 12.3. The molecule has 10 heavy (non-hydrogen) atoms. The molecule has 4 heteroatoms. The number of halogens is 1. The van der Waals surface area contributed by atoms with Crippen molar-refractivity contribution in [3.8, 4) is 0 Å². The minimum atomic E-state index is -1.93. The van der Waals surface area contributed by atoms with E-state index < -0.39 is 21.1 Å². The van der Waals surface area contributed by atoms with Gasteiger partial charge in [-0.15, -0.1) is 0 Å². The van der Waals surface area contributed by atoms with E-state index in [1.807, 2.05) is 20.8 Å². The molecular weight excluding hydrogens is 247 g/mol. The summed E-state index contributed by atoms with van der Waals surface area (Å²) in [4.78, 5) is 0. The molecule has 3 nitrogen and oxygen atoms in total. The Hall–Kier alpha value is 0.610. The fraction of sp³-hybridized carbons (Fsp3) is 1.00. The summed E-state index contributed by atoms with van der Waals surface area (Å²) < 4.78 is 15.6. The topological polar surface area (TPSA) is 27.7 Å². The standard InChI is InChI=1S/C6H15IO3/c1-5-9-7(8-4)10-6(2)3/h6H,5H2,1-4H3. The summed E-state index contributed by atoms with van der Waals surface area (Å²) in [5.41, 5.74) is 0. The minimum absolute atomic E-state index is 0.205. The van der Waals surface area contributed by atoms with Gasteiger partial charge in [-0.05, 0) is 0 Å². The van der Waals surface area contributed by atoms with Crippen LogP contribution in [-0.4, -0.2) is 19.8 Å². The van der Waals surface area contributed by atoms with E-state index in [0.717, 1.165) is 0 Å². The first-order chi connectivity index (χ1) is 4.70. The summed E-state index contributed by atoms with van der Waals surface area (Å²) in [6, 6.07) is 0. The van der Waals surface area contributed by atoms with Crippen molar-refractivity contribution >= 4 is 21.1 Å². The van der Waals surface area contributed by atoms with Gasteiger partial charge in [0.05, 0.1) is 0 Å². The molecule has 0 amide bonds. The Balaban J connectivity index is 3.39. The quantitative estimate of drug-likeness (QED) is 0.712. The number of hydrogen-bond donors (Lipinski definition) is 0. The van der Waals surface area contributed by atoms with Gasteiger partial charge in [0, 0.05) is 0 Å². The van der Waals surface area contributed by atoms with Gasteiger partial charge in [-0.3, -0.25) is 0 Å². The van der Waals surface area contributed by atoms with Gasteiger partial charge in [-0.2, -0.15) is 0 Å². The van der Waals surface area contributed by atoms with Crippen molar-refractivity contribution in [2.24, 2.45) is 0 Å². The zero-order valence-corrected chi connectivity index (χ0v) is 9.04. The fourth-order valence-electron chi connectivity index (χ4n) is 0.341. The molecule has 64 valence electrons. The van der Waals surface area contributed by atoms with Crippen molar-refractivity contribution < 1.29 is 9.20 Å². The van der Waals surface area contributed by atoms with Crippen LogP contribution in [-0.2, 0) is 9.20 Å².